The van der Waals surface area contributed by atoms with Crippen LogP contribution in [0.2, 0.25) is 0 Å². The molecule has 4 aromatic rings. The van der Waals surface area contributed by atoms with Crippen LogP contribution in [0, 0.1) is 17.3 Å². The maximum atomic E-state index is 14.6. The van der Waals surface area contributed by atoms with Gasteiger partial charge in [-0.15, -0.1) is 11.3 Å². The second-order valence-corrected chi connectivity index (χ2v) is 19.6. The molecule has 17 nitrogen and oxygen atoms in total. The Bertz CT molecular complexity index is 2390. The van der Waals surface area contributed by atoms with Gasteiger partial charge in [0.25, 0.3) is 5.91 Å². The summed E-state index contributed by atoms with van der Waals surface area (Å²) in [4.78, 5) is 69.4. The summed E-state index contributed by atoms with van der Waals surface area (Å²) in [5.74, 6) is -2.43. The molecule has 6 bridgehead atoms. The van der Waals surface area contributed by atoms with E-state index in [1.807, 2.05) is 52.1 Å². The van der Waals surface area contributed by atoms with Crippen molar-refractivity contribution < 1.29 is 43.6 Å². The van der Waals surface area contributed by atoms with Crippen molar-refractivity contribution in [1.82, 2.24) is 40.1 Å². The number of benzene rings is 1. The van der Waals surface area contributed by atoms with Gasteiger partial charge in [-0.05, 0) is 62.4 Å². The van der Waals surface area contributed by atoms with Gasteiger partial charge in [-0.3, -0.25) is 19.6 Å². The summed E-state index contributed by atoms with van der Waals surface area (Å²) in [6, 6.07) is 7.72. The molecule has 0 spiro atoms. The molecule has 1 aromatic carbocycles. The first-order chi connectivity index (χ1) is 30.9. The van der Waals surface area contributed by atoms with Gasteiger partial charge in [-0.1, -0.05) is 33.8 Å². The number of ether oxygens (including phenoxy) is 3. The fourth-order valence-electron chi connectivity index (χ4n) is 9.45. The molecule has 3 aliphatic rings. The number of aliphatic hydroxyl groups is 2. The number of carbonyl (C=O) groups excluding carboxylic acids is 4. The van der Waals surface area contributed by atoms with Gasteiger partial charge in [-0.2, -0.15) is 5.43 Å². The molecule has 0 radical (unpaired) electrons. The number of hydrazine groups is 1. The Hall–Kier alpha value is -4.98. The maximum Gasteiger partial charge on any atom is 0.355 e. The Morgan fingerprint density at radius 2 is 1.89 bits per heavy atom. The normalized spacial score (nSPS) is 21.9. The van der Waals surface area contributed by atoms with Crippen molar-refractivity contribution in [2.45, 2.75) is 104 Å². The molecule has 65 heavy (non-hydrogen) atoms. The van der Waals surface area contributed by atoms with E-state index in [-0.39, 0.29) is 63.0 Å². The SMILES string of the molecule is CCn1c(-c2cccnc2[C@H](C)OC)c2c3cc(ccc31)-c1csc(n1)C[C@H](NC(=O)[C@H](C(C)C)N(C)C(=O)N1CC([C@H](CO)OC)C1)C(=O)N1CCC[C@@](O)(N1)C(=O)OCC(C)(C)C2. The Labute approximate surface area is 384 Å². The number of rotatable bonds is 11. The van der Waals surface area contributed by atoms with E-state index in [4.69, 9.17) is 24.2 Å². The number of carbonyl (C=O) groups is 4. The van der Waals surface area contributed by atoms with Crippen LogP contribution in [-0.4, -0.2) is 141 Å². The second-order valence-electron chi connectivity index (χ2n) is 18.7. The van der Waals surface area contributed by atoms with Crippen molar-refractivity contribution in [2.24, 2.45) is 17.3 Å². The van der Waals surface area contributed by atoms with E-state index in [1.54, 1.807) is 25.3 Å². The van der Waals surface area contributed by atoms with E-state index < -0.39 is 47.1 Å². The largest absolute Gasteiger partial charge is 0.462 e. The van der Waals surface area contributed by atoms with Gasteiger partial charge < -0.3 is 44.1 Å². The van der Waals surface area contributed by atoms with Crippen molar-refractivity contribution in [3.05, 3.63) is 58.2 Å². The summed E-state index contributed by atoms with van der Waals surface area (Å²) in [6.45, 7) is 13.1. The summed E-state index contributed by atoms with van der Waals surface area (Å²) in [6.07, 6.45) is 1.83. The van der Waals surface area contributed by atoms with Crippen LogP contribution in [-0.2, 0) is 48.0 Å². The van der Waals surface area contributed by atoms with Gasteiger partial charge in [0.2, 0.25) is 11.6 Å². The van der Waals surface area contributed by atoms with Gasteiger partial charge in [0, 0.05) is 105 Å². The van der Waals surface area contributed by atoms with Crippen LogP contribution in [0.5, 0.6) is 0 Å². The molecule has 7 rings (SSSR count). The molecule has 4 N–H and O–H groups in total. The fraction of sp³-hybridized carbons (Fsp3) is 0.574. The molecule has 2 saturated heterocycles. The van der Waals surface area contributed by atoms with Crippen LogP contribution in [0.3, 0.4) is 0 Å². The number of nitrogens with one attached hydrogen (secondary N) is 2. The number of nitrogens with zero attached hydrogens (tertiary/aromatic N) is 6. The predicted octanol–water partition coefficient (Wildman–Crippen LogP) is 4.54. The van der Waals surface area contributed by atoms with E-state index in [9.17, 15) is 29.4 Å². The smallest absolute Gasteiger partial charge is 0.355 e. The number of likely N-dealkylation sites (N-methyl/N-ethyl adjacent to an activating group) is 1. The number of amides is 4. The van der Waals surface area contributed by atoms with Crippen LogP contribution >= 0.6 is 11.3 Å². The molecular weight excluding hydrogens is 853 g/mol. The molecular formula is C47H64N8O9S. The Morgan fingerprint density at radius 1 is 1.14 bits per heavy atom. The summed E-state index contributed by atoms with van der Waals surface area (Å²) in [7, 11) is 4.75. The highest BCUT2D eigenvalue weighted by Crippen LogP contribution is 2.42. The Kier molecular flexibility index (Phi) is 14.4. The van der Waals surface area contributed by atoms with E-state index in [1.165, 1.54) is 28.4 Å². The lowest BCUT2D eigenvalue weighted by Gasteiger charge is -2.45. The van der Waals surface area contributed by atoms with Crippen molar-refractivity contribution >= 4 is 46.1 Å². The molecule has 4 amide bonds. The number of aryl methyl sites for hydroxylation is 1. The van der Waals surface area contributed by atoms with E-state index in [0.29, 0.717) is 36.8 Å². The zero-order valence-electron chi connectivity index (χ0n) is 38.9. The van der Waals surface area contributed by atoms with E-state index in [0.717, 1.165) is 39.0 Å². The molecule has 18 heteroatoms. The Balaban J connectivity index is 1.27. The first-order valence-corrected chi connectivity index (χ1v) is 23.3. The number of hydrogen-bond acceptors (Lipinski definition) is 13. The third-order valence-electron chi connectivity index (χ3n) is 13.1. The van der Waals surface area contributed by atoms with Crippen LogP contribution < -0.4 is 10.7 Å². The van der Waals surface area contributed by atoms with Crippen LogP contribution in [0.25, 0.3) is 33.4 Å². The van der Waals surface area contributed by atoms with Crippen molar-refractivity contribution in [3.8, 4) is 22.5 Å². The third kappa shape index (κ3) is 9.65. The minimum absolute atomic E-state index is 0.00828. The number of pyridine rings is 1. The van der Waals surface area contributed by atoms with Gasteiger partial charge >= 0.3 is 12.0 Å². The topological polar surface area (TPSA) is 201 Å². The average Bonchev–Trinajstić information content (AvgIpc) is 3.86. The minimum Gasteiger partial charge on any atom is -0.462 e. The van der Waals surface area contributed by atoms with Crippen molar-refractivity contribution in [1.29, 1.82) is 0 Å². The summed E-state index contributed by atoms with van der Waals surface area (Å²) in [5.41, 5.74) is 6.24. The van der Waals surface area contributed by atoms with Gasteiger partial charge in [0.05, 0.1) is 47.5 Å². The van der Waals surface area contributed by atoms with Gasteiger partial charge in [0.15, 0.2) is 0 Å². The lowest BCUT2D eigenvalue weighted by atomic mass is 9.84. The zero-order chi connectivity index (χ0) is 47.0. The van der Waals surface area contributed by atoms with E-state index in [2.05, 4.69) is 40.4 Å². The number of aromatic nitrogens is 3. The monoisotopic (exact) mass is 916 g/mol. The molecule has 3 aliphatic heterocycles. The summed E-state index contributed by atoms with van der Waals surface area (Å²) < 4.78 is 19.4. The molecule has 352 valence electrons. The highest BCUT2D eigenvalue weighted by Gasteiger charge is 2.46. The molecule has 2 fully saturated rings. The number of aliphatic hydroxyl groups excluding tert-OH is 1. The standard InChI is InChI=1S/C47H64N8O9S/c1-10-54-36-15-14-29-19-32(36)33(41(54)31-13-11-17-48-39(31)28(4)62-8)21-46(5,6)26-64-44(59)47(61)16-12-18-55(51-47)43(58)34(20-38-49-35(29)25-65-38)50-42(57)40(27(2)3)52(7)45(60)53-22-30(23-53)37(24-56)63-9/h11,13-15,17,19,25,27-28,30,34,37,40,51,56,61H,10,12,16,18,20-24,26H2,1-9H3,(H,50,57)/t28-,34-,37-,40-,47-/m0/s1. The number of fused-ring (bicyclic) bond motifs is 6. The maximum absolute atomic E-state index is 14.6. The van der Waals surface area contributed by atoms with Crippen LogP contribution in [0.1, 0.15) is 76.8 Å². The zero-order valence-corrected chi connectivity index (χ0v) is 39.7. The lowest BCUT2D eigenvalue weighted by Crippen LogP contribution is -2.67. The third-order valence-corrected chi connectivity index (χ3v) is 13.9. The Morgan fingerprint density at radius 3 is 2.57 bits per heavy atom. The number of urea groups is 1. The molecule has 0 aliphatic carbocycles. The molecule has 0 saturated carbocycles. The number of methoxy groups -OCH3 is 2. The fourth-order valence-corrected chi connectivity index (χ4v) is 10.3. The average molecular weight is 917 g/mol. The van der Waals surface area contributed by atoms with Gasteiger partial charge in [0.1, 0.15) is 12.1 Å². The summed E-state index contributed by atoms with van der Waals surface area (Å²) >= 11 is 1.36. The van der Waals surface area contributed by atoms with Crippen LogP contribution in [0.4, 0.5) is 4.79 Å². The van der Waals surface area contributed by atoms with E-state index >= 15 is 0 Å². The molecule has 3 aromatic heterocycles. The van der Waals surface area contributed by atoms with Crippen LogP contribution in [0.15, 0.2) is 41.9 Å². The summed E-state index contributed by atoms with van der Waals surface area (Å²) in [5, 5.41) is 29.1. The molecule has 5 atom stereocenters. The number of esters is 1. The lowest BCUT2D eigenvalue weighted by molar-refractivity contribution is -0.189. The van der Waals surface area contributed by atoms with Crippen molar-refractivity contribution in [3.63, 3.8) is 0 Å². The highest BCUT2D eigenvalue weighted by atomic mass is 32.1. The first-order valence-electron chi connectivity index (χ1n) is 22.5. The molecule has 6 heterocycles. The first kappa shape index (κ1) is 48.0. The highest BCUT2D eigenvalue weighted by molar-refractivity contribution is 7.10. The number of thiazole rings is 1. The predicted molar refractivity (Wildman–Crippen MR) is 245 cm³/mol. The second kappa shape index (κ2) is 19.5. The quantitative estimate of drug-likeness (QED) is 0.154. The minimum atomic E-state index is -2.22. The van der Waals surface area contributed by atoms with Crippen molar-refractivity contribution in [2.75, 3.05) is 54.1 Å². The number of likely N-dealkylation sites (tertiary alicyclic amines) is 1. The number of cyclic esters (lactones) is 1. The van der Waals surface area contributed by atoms with Gasteiger partial charge in [-0.25, -0.2) is 14.6 Å². The molecule has 0 unspecified atom stereocenters. The number of hydrogen-bond donors (Lipinski definition) is 4.